The Bertz CT molecular complexity index is 1160. The smallest absolute Gasteiger partial charge is 0.255 e. The lowest BCUT2D eigenvalue weighted by Crippen LogP contribution is -2.42. The number of fused-ring (bicyclic) bond motifs is 3. The molecule has 2 heterocycles. The van der Waals surface area contributed by atoms with Crippen molar-refractivity contribution in [2.24, 2.45) is 11.8 Å². The van der Waals surface area contributed by atoms with Crippen molar-refractivity contribution < 1.29 is 19.1 Å². The Morgan fingerprint density at radius 3 is 2.33 bits per heavy atom. The van der Waals surface area contributed by atoms with Gasteiger partial charge in [0.25, 0.3) is 5.91 Å². The monoisotopic (exact) mass is 533 g/mol. The lowest BCUT2D eigenvalue weighted by Gasteiger charge is -2.27. The topological polar surface area (TPSA) is 104 Å². The summed E-state index contributed by atoms with van der Waals surface area (Å²) in [6, 6.07) is 9.42. The number of nitrogens with one attached hydrogen (secondary N) is 2. The molecule has 2 aliphatic carbocycles. The molecule has 5 rings (SSSR count). The third-order valence-electron chi connectivity index (χ3n) is 7.51. The number of nitrogens with zero attached hydrogens (tertiary/aromatic N) is 3. The van der Waals surface area contributed by atoms with E-state index in [4.69, 9.17) is 4.74 Å². The van der Waals surface area contributed by atoms with Crippen LogP contribution in [-0.2, 0) is 9.59 Å². The summed E-state index contributed by atoms with van der Waals surface area (Å²) in [6.07, 6.45) is 11.4. The molecule has 0 spiro atoms. The largest absolute Gasteiger partial charge is 0.491 e. The summed E-state index contributed by atoms with van der Waals surface area (Å²) >= 11 is 0. The predicted octanol–water partition coefficient (Wildman–Crippen LogP) is 3.67. The molecule has 0 saturated heterocycles. The van der Waals surface area contributed by atoms with Gasteiger partial charge >= 0.3 is 0 Å². The number of hydrogen-bond donors (Lipinski definition) is 2. The second-order valence-electron chi connectivity index (χ2n) is 11.0. The summed E-state index contributed by atoms with van der Waals surface area (Å²) < 4.78 is 6.18. The van der Waals surface area contributed by atoms with E-state index in [0.717, 1.165) is 57.1 Å². The van der Waals surface area contributed by atoms with E-state index in [2.05, 4.69) is 15.6 Å². The highest BCUT2D eigenvalue weighted by molar-refractivity contribution is 5.97. The Hall–Kier alpha value is -3.62. The van der Waals surface area contributed by atoms with Crippen molar-refractivity contribution >= 4 is 29.1 Å². The van der Waals surface area contributed by atoms with Gasteiger partial charge in [0, 0.05) is 25.8 Å². The zero-order chi connectivity index (χ0) is 27.0. The lowest BCUT2D eigenvalue weighted by atomic mass is 10.1. The molecule has 2 saturated carbocycles. The van der Waals surface area contributed by atoms with Gasteiger partial charge in [0.2, 0.25) is 11.8 Å². The molecule has 1 aromatic heterocycles. The molecule has 1 aromatic carbocycles. The molecular formula is C30H39N5O4. The number of rotatable bonds is 8. The van der Waals surface area contributed by atoms with Crippen LogP contribution in [-0.4, -0.2) is 66.9 Å². The number of ether oxygens (including phenoxy) is 1. The van der Waals surface area contributed by atoms with Crippen molar-refractivity contribution in [1.82, 2.24) is 20.5 Å². The lowest BCUT2D eigenvalue weighted by molar-refractivity contribution is -0.122. The van der Waals surface area contributed by atoms with E-state index in [1.54, 1.807) is 17.2 Å². The van der Waals surface area contributed by atoms with E-state index in [0.29, 0.717) is 55.1 Å². The zero-order valence-electron chi connectivity index (χ0n) is 22.6. The van der Waals surface area contributed by atoms with Crippen LogP contribution in [0, 0.1) is 11.8 Å². The molecular weight excluding hydrogens is 494 g/mol. The van der Waals surface area contributed by atoms with Crippen molar-refractivity contribution in [3.05, 3.63) is 48.3 Å². The van der Waals surface area contributed by atoms with E-state index in [1.807, 2.05) is 29.2 Å². The molecule has 3 aliphatic rings. The first-order chi connectivity index (χ1) is 19.1. The minimum atomic E-state index is -0.233. The second kappa shape index (κ2) is 13.0. The number of amides is 3. The number of aromatic nitrogens is 1. The summed E-state index contributed by atoms with van der Waals surface area (Å²) in [6.45, 7) is 2.50. The van der Waals surface area contributed by atoms with E-state index < -0.39 is 0 Å². The fourth-order valence-corrected chi connectivity index (χ4v) is 4.77. The maximum absolute atomic E-state index is 13.7. The van der Waals surface area contributed by atoms with Crippen LogP contribution in [0.3, 0.4) is 0 Å². The van der Waals surface area contributed by atoms with Gasteiger partial charge in [-0.15, -0.1) is 0 Å². The average Bonchev–Trinajstić information content (AvgIpc) is 3.87. The highest BCUT2D eigenvalue weighted by Gasteiger charge is 2.26. The maximum atomic E-state index is 13.7. The van der Waals surface area contributed by atoms with Gasteiger partial charge in [-0.25, -0.2) is 0 Å². The predicted molar refractivity (Wildman–Crippen MR) is 149 cm³/mol. The van der Waals surface area contributed by atoms with Crippen molar-refractivity contribution in [3.63, 3.8) is 0 Å². The number of carbonyl (C=O) groups excluding carboxylic acids is 3. The minimum Gasteiger partial charge on any atom is -0.491 e. The Balaban J connectivity index is 1.41. The molecule has 9 nitrogen and oxygen atoms in total. The van der Waals surface area contributed by atoms with Crippen LogP contribution in [0.4, 0.5) is 11.4 Å². The Morgan fingerprint density at radius 1 is 0.897 bits per heavy atom. The Morgan fingerprint density at radius 2 is 1.59 bits per heavy atom. The second-order valence-corrected chi connectivity index (χ2v) is 11.0. The van der Waals surface area contributed by atoms with Gasteiger partial charge < -0.3 is 25.2 Å². The molecule has 39 heavy (non-hydrogen) atoms. The molecule has 3 amide bonds. The molecule has 2 bridgehead atoms. The molecule has 0 radical (unpaired) electrons. The van der Waals surface area contributed by atoms with Gasteiger partial charge in [0.05, 0.1) is 36.3 Å². The fraction of sp³-hybridized carbons (Fsp3) is 0.533. The van der Waals surface area contributed by atoms with Gasteiger partial charge in [-0.2, -0.15) is 0 Å². The van der Waals surface area contributed by atoms with E-state index in [1.165, 1.54) is 6.20 Å². The first-order valence-electron chi connectivity index (χ1n) is 14.3. The van der Waals surface area contributed by atoms with Crippen molar-refractivity contribution in [2.45, 2.75) is 51.4 Å². The summed E-state index contributed by atoms with van der Waals surface area (Å²) in [5.74, 6) is 1.37. The zero-order valence-corrected chi connectivity index (χ0v) is 22.6. The minimum absolute atomic E-state index is 0.0228. The first-order valence-corrected chi connectivity index (χ1v) is 14.3. The molecule has 2 N–H and O–H groups in total. The van der Waals surface area contributed by atoms with E-state index in [-0.39, 0.29) is 30.8 Å². The van der Waals surface area contributed by atoms with Gasteiger partial charge in [0.15, 0.2) is 0 Å². The normalized spacial score (nSPS) is 18.3. The van der Waals surface area contributed by atoms with Gasteiger partial charge in [0.1, 0.15) is 12.3 Å². The number of carbonyl (C=O) groups is 3. The standard InChI is InChI=1S/C30H39N5O4/c36-28(32-16-22-9-10-22)20-34-13-5-1-2-6-14-39-27-8-4-3-7-26(27)35(21-29(37)33-17-23-11-12-23)25-15-24(30(34)38)18-31-19-25/h3-4,7-8,15,18-19,22-23H,1-2,5-6,9-14,16-17,20-21H2,(H,32,36)(H,33,37). The number of benzene rings is 1. The Labute approximate surface area is 230 Å². The van der Waals surface area contributed by atoms with Gasteiger partial charge in [-0.1, -0.05) is 25.0 Å². The van der Waals surface area contributed by atoms with Crippen LogP contribution in [0.2, 0.25) is 0 Å². The highest BCUT2D eigenvalue weighted by atomic mass is 16.5. The fourth-order valence-electron chi connectivity index (χ4n) is 4.77. The highest BCUT2D eigenvalue weighted by Crippen LogP contribution is 2.34. The van der Waals surface area contributed by atoms with Crippen molar-refractivity contribution in [1.29, 1.82) is 0 Å². The third-order valence-corrected chi connectivity index (χ3v) is 7.51. The van der Waals surface area contributed by atoms with Gasteiger partial charge in [-0.05, 0) is 68.6 Å². The molecule has 2 fully saturated rings. The Kier molecular flexibility index (Phi) is 8.96. The molecule has 0 unspecified atom stereocenters. The van der Waals surface area contributed by atoms with Crippen LogP contribution in [0.1, 0.15) is 61.7 Å². The third kappa shape index (κ3) is 7.94. The van der Waals surface area contributed by atoms with Crippen LogP contribution in [0.5, 0.6) is 5.75 Å². The van der Waals surface area contributed by atoms with Crippen LogP contribution < -0.4 is 20.3 Å². The van der Waals surface area contributed by atoms with Crippen LogP contribution >= 0.6 is 0 Å². The molecule has 0 atom stereocenters. The molecule has 2 aromatic rings. The summed E-state index contributed by atoms with van der Waals surface area (Å²) in [5.41, 5.74) is 1.75. The average molecular weight is 534 g/mol. The molecule has 208 valence electrons. The van der Waals surface area contributed by atoms with Crippen LogP contribution in [0.25, 0.3) is 0 Å². The summed E-state index contributed by atoms with van der Waals surface area (Å²) in [4.78, 5) is 47.2. The summed E-state index contributed by atoms with van der Waals surface area (Å²) in [7, 11) is 0. The van der Waals surface area contributed by atoms with Crippen LogP contribution in [0.15, 0.2) is 42.7 Å². The summed E-state index contributed by atoms with van der Waals surface area (Å²) in [5, 5.41) is 6.02. The number of hydrogen-bond acceptors (Lipinski definition) is 6. The quantitative estimate of drug-likeness (QED) is 0.537. The first kappa shape index (κ1) is 27.0. The van der Waals surface area contributed by atoms with Gasteiger partial charge in [-0.3, -0.25) is 19.4 Å². The number of para-hydroxylation sites is 2. The molecule has 9 heteroatoms. The van der Waals surface area contributed by atoms with E-state index in [9.17, 15) is 14.4 Å². The number of pyridine rings is 1. The number of anilines is 2. The molecule has 1 aliphatic heterocycles. The maximum Gasteiger partial charge on any atom is 0.255 e. The van der Waals surface area contributed by atoms with Crippen molar-refractivity contribution in [3.8, 4) is 5.75 Å². The van der Waals surface area contributed by atoms with E-state index >= 15 is 0 Å². The van der Waals surface area contributed by atoms with Crippen molar-refractivity contribution in [2.75, 3.05) is 44.2 Å². The SMILES string of the molecule is O=C(CN1CCCCCCOc2ccccc2N(CC(=O)NCC2CC2)c2cncc(c2)C1=O)NCC1CC1.